The molecule has 0 aliphatic carbocycles. The zero-order chi connectivity index (χ0) is 12.8. The highest BCUT2D eigenvalue weighted by Gasteiger charge is 1.99. The molecule has 1 aromatic carbocycles. The number of methoxy groups -OCH3 is 1. The maximum absolute atomic E-state index is 10.4. The fourth-order valence-electron chi connectivity index (χ4n) is 1.26. The van der Waals surface area contributed by atoms with Crippen molar-refractivity contribution < 1.29 is 19.7 Å². The van der Waals surface area contributed by atoms with Crippen molar-refractivity contribution in [2.24, 2.45) is 0 Å². The molecule has 4 nitrogen and oxygen atoms in total. The predicted octanol–water partition coefficient (Wildman–Crippen LogP) is 2.44. The number of rotatable bonds is 4. The van der Waals surface area contributed by atoms with Crippen LogP contribution in [-0.4, -0.2) is 23.3 Å². The van der Waals surface area contributed by atoms with E-state index in [-0.39, 0.29) is 5.75 Å². The van der Waals surface area contributed by atoms with E-state index in [1.54, 1.807) is 31.2 Å². The van der Waals surface area contributed by atoms with Crippen LogP contribution in [0.15, 0.2) is 35.9 Å². The normalized spacial score (nSPS) is 11.8. The lowest BCUT2D eigenvalue weighted by Gasteiger charge is -2.02. The van der Waals surface area contributed by atoms with E-state index in [0.717, 1.165) is 6.08 Å². The molecule has 0 saturated heterocycles. The Kier molecular flexibility index (Phi) is 4.34. The fraction of sp³-hybridized carbons (Fsp3) is 0.154. The summed E-state index contributed by atoms with van der Waals surface area (Å²) in [6.07, 6.45) is 4.36. The summed E-state index contributed by atoms with van der Waals surface area (Å²) in [6, 6.07) is 4.91. The largest absolute Gasteiger partial charge is 0.507 e. The molecule has 0 amide bonds. The van der Waals surface area contributed by atoms with E-state index < -0.39 is 5.97 Å². The molecule has 0 saturated carbocycles. The van der Waals surface area contributed by atoms with Crippen molar-refractivity contribution in [2.45, 2.75) is 6.92 Å². The minimum absolute atomic E-state index is 0.0868. The summed E-state index contributed by atoms with van der Waals surface area (Å²) in [7, 11) is 1.52. The van der Waals surface area contributed by atoms with Crippen molar-refractivity contribution in [1.82, 2.24) is 0 Å². The monoisotopic (exact) mass is 234 g/mol. The smallest absolute Gasteiger partial charge is 0.328 e. The van der Waals surface area contributed by atoms with Gasteiger partial charge in [0.25, 0.3) is 0 Å². The number of allylic oxidation sites excluding steroid dienone is 2. The molecule has 2 N–H and O–H groups in total. The van der Waals surface area contributed by atoms with Crippen molar-refractivity contribution in [1.29, 1.82) is 0 Å². The SMILES string of the molecule is COc1ccc(/C=C/C(C)=C/C(=O)O)c(O)c1. The highest BCUT2D eigenvalue weighted by atomic mass is 16.5. The van der Waals surface area contributed by atoms with Crippen LogP contribution >= 0.6 is 0 Å². The van der Waals surface area contributed by atoms with Gasteiger partial charge in [0.1, 0.15) is 11.5 Å². The molecule has 0 atom stereocenters. The van der Waals surface area contributed by atoms with Gasteiger partial charge in [0, 0.05) is 17.7 Å². The molecule has 0 heterocycles. The lowest BCUT2D eigenvalue weighted by atomic mass is 10.1. The number of carbonyl (C=O) groups is 1. The predicted molar refractivity (Wildman–Crippen MR) is 65.1 cm³/mol. The Morgan fingerprint density at radius 3 is 2.65 bits per heavy atom. The Hall–Kier alpha value is -2.23. The van der Waals surface area contributed by atoms with E-state index in [1.807, 2.05) is 0 Å². The van der Waals surface area contributed by atoms with Crippen molar-refractivity contribution in [3.05, 3.63) is 41.5 Å². The summed E-state index contributed by atoms with van der Waals surface area (Å²) in [5.41, 5.74) is 1.19. The zero-order valence-electron chi connectivity index (χ0n) is 9.68. The standard InChI is InChI=1S/C13H14O4/c1-9(7-13(15)16)3-4-10-5-6-11(17-2)8-12(10)14/h3-8,14H,1-2H3,(H,15,16)/b4-3+,9-7+. The van der Waals surface area contributed by atoms with Gasteiger partial charge in [-0.15, -0.1) is 0 Å². The van der Waals surface area contributed by atoms with Crippen molar-refractivity contribution in [2.75, 3.05) is 7.11 Å². The minimum Gasteiger partial charge on any atom is -0.507 e. The first kappa shape index (κ1) is 12.8. The molecule has 1 rings (SSSR count). The van der Waals surface area contributed by atoms with Crippen LogP contribution in [0.4, 0.5) is 0 Å². The maximum atomic E-state index is 10.4. The second-order valence-corrected chi connectivity index (χ2v) is 3.48. The Balaban J connectivity index is 2.89. The number of phenols is 1. The van der Waals surface area contributed by atoms with E-state index in [0.29, 0.717) is 16.9 Å². The topological polar surface area (TPSA) is 66.8 Å². The first-order chi connectivity index (χ1) is 8.02. The highest BCUT2D eigenvalue weighted by molar-refractivity contribution is 5.81. The van der Waals surface area contributed by atoms with Gasteiger partial charge in [-0.05, 0) is 24.6 Å². The zero-order valence-corrected chi connectivity index (χ0v) is 9.68. The Morgan fingerprint density at radius 1 is 1.41 bits per heavy atom. The number of hydrogen-bond acceptors (Lipinski definition) is 3. The van der Waals surface area contributed by atoms with Gasteiger partial charge in [-0.1, -0.05) is 12.2 Å². The third-order valence-electron chi connectivity index (χ3n) is 2.11. The highest BCUT2D eigenvalue weighted by Crippen LogP contribution is 2.24. The Morgan fingerprint density at radius 2 is 2.12 bits per heavy atom. The molecule has 0 fully saturated rings. The molecule has 0 spiro atoms. The van der Waals surface area contributed by atoms with Crippen LogP contribution in [-0.2, 0) is 4.79 Å². The summed E-state index contributed by atoms with van der Waals surface area (Å²) in [4.78, 5) is 10.4. The summed E-state index contributed by atoms with van der Waals surface area (Å²) in [5, 5.41) is 18.2. The number of carboxylic acids is 1. The van der Waals surface area contributed by atoms with Crippen molar-refractivity contribution in [3.8, 4) is 11.5 Å². The Labute approximate surface area is 99.5 Å². The number of benzene rings is 1. The van der Waals surface area contributed by atoms with E-state index in [1.165, 1.54) is 13.2 Å². The second-order valence-electron chi connectivity index (χ2n) is 3.48. The van der Waals surface area contributed by atoms with Gasteiger partial charge in [-0.25, -0.2) is 4.79 Å². The first-order valence-corrected chi connectivity index (χ1v) is 4.99. The number of carboxylic acid groups (broad SMARTS) is 1. The molecule has 4 heteroatoms. The fourth-order valence-corrected chi connectivity index (χ4v) is 1.26. The molecule has 0 aromatic heterocycles. The molecule has 0 aliphatic heterocycles. The van der Waals surface area contributed by atoms with E-state index in [2.05, 4.69) is 0 Å². The quantitative estimate of drug-likeness (QED) is 0.620. The van der Waals surface area contributed by atoms with Crippen LogP contribution in [0.25, 0.3) is 6.08 Å². The first-order valence-electron chi connectivity index (χ1n) is 4.99. The van der Waals surface area contributed by atoms with E-state index in [4.69, 9.17) is 9.84 Å². The van der Waals surface area contributed by atoms with E-state index in [9.17, 15) is 9.90 Å². The molecule has 0 bridgehead atoms. The average Bonchev–Trinajstić information content (AvgIpc) is 2.26. The number of phenolic OH excluding ortho intramolecular Hbond substituents is 1. The van der Waals surface area contributed by atoms with Crippen LogP contribution in [0.3, 0.4) is 0 Å². The molecule has 0 radical (unpaired) electrons. The van der Waals surface area contributed by atoms with Gasteiger partial charge in [-0.3, -0.25) is 0 Å². The lowest BCUT2D eigenvalue weighted by molar-refractivity contribution is -0.131. The van der Waals surface area contributed by atoms with Crippen molar-refractivity contribution in [3.63, 3.8) is 0 Å². The van der Waals surface area contributed by atoms with Gasteiger partial charge in [0.2, 0.25) is 0 Å². The molecule has 0 unspecified atom stereocenters. The number of aromatic hydroxyl groups is 1. The number of hydrogen-bond donors (Lipinski definition) is 2. The number of aliphatic carboxylic acids is 1. The molecule has 17 heavy (non-hydrogen) atoms. The third-order valence-corrected chi connectivity index (χ3v) is 2.11. The van der Waals surface area contributed by atoms with Crippen LogP contribution in [0.2, 0.25) is 0 Å². The van der Waals surface area contributed by atoms with Gasteiger partial charge in [0.05, 0.1) is 7.11 Å². The third kappa shape index (κ3) is 4.03. The average molecular weight is 234 g/mol. The van der Waals surface area contributed by atoms with Crippen LogP contribution in [0, 0.1) is 0 Å². The molecule has 90 valence electrons. The maximum Gasteiger partial charge on any atom is 0.328 e. The summed E-state index contributed by atoms with van der Waals surface area (Å²) >= 11 is 0. The van der Waals surface area contributed by atoms with Gasteiger partial charge < -0.3 is 14.9 Å². The van der Waals surface area contributed by atoms with Crippen LogP contribution in [0.1, 0.15) is 12.5 Å². The summed E-state index contributed by atoms with van der Waals surface area (Å²) < 4.78 is 4.96. The van der Waals surface area contributed by atoms with Gasteiger partial charge in [0.15, 0.2) is 0 Å². The molecule has 1 aromatic rings. The van der Waals surface area contributed by atoms with Crippen molar-refractivity contribution >= 4 is 12.0 Å². The number of ether oxygens (including phenoxy) is 1. The molecular weight excluding hydrogens is 220 g/mol. The molecule has 0 aliphatic rings. The van der Waals surface area contributed by atoms with Gasteiger partial charge in [-0.2, -0.15) is 0 Å². The van der Waals surface area contributed by atoms with E-state index >= 15 is 0 Å². The summed E-state index contributed by atoms with van der Waals surface area (Å²) in [5.74, 6) is -0.340. The Bertz CT molecular complexity index is 472. The summed E-state index contributed by atoms with van der Waals surface area (Å²) in [6.45, 7) is 1.67. The van der Waals surface area contributed by atoms with Crippen LogP contribution in [0.5, 0.6) is 11.5 Å². The molecular formula is C13H14O4. The lowest BCUT2D eigenvalue weighted by Crippen LogP contribution is -1.88. The van der Waals surface area contributed by atoms with Gasteiger partial charge >= 0.3 is 5.97 Å². The second kappa shape index (κ2) is 5.75. The van der Waals surface area contributed by atoms with Crippen LogP contribution < -0.4 is 4.74 Å². The minimum atomic E-state index is -0.994.